The molecule has 2 heterocycles. The highest BCUT2D eigenvalue weighted by atomic mass is 35.5. The van der Waals surface area contributed by atoms with Gasteiger partial charge >= 0.3 is 0 Å². The predicted molar refractivity (Wildman–Crippen MR) is 105 cm³/mol. The topological polar surface area (TPSA) is 80.0 Å². The van der Waals surface area contributed by atoms with Crippen molar-refractivity contribution in [2.24, 2.45) is 0 Å². The molecule has 0 spiro atoms. The van der Waals surface area contributed by atoms with E-state index in [0.29, 0.717) is 10.8 Å². The fourth-order valence-corrected chi connectivity index (χ4v) is 3.11. The molecule has 2 N–H and O–H groups in total. The largest absolute Gasteiger partial charge is 0.504 e. The summed E-state index contributed by atoms with van der Waals surface area (Å²) in [5.41, 5.74) is 2.32. The maximum Gasteiger partial charge on any atom is 0.245 e. The summed E-state index contributed by atoms with van der Waals surface area (Å²) in [7, 11) is 0. The van der Waals surface area contributed by atoms with E-state index in [0.717, 1.165) is 16.6 Å². The fourth-order valence-electron chi connectivity index (χ4n) is 2.89. The Balaban J connectivity index is 1.74. The van der Waals surface area contributed by atoms with E-state index in [4.69, 9.17) is 11.6 Å². The van der Waals surface area contributed by atoms with Crippen molar-refractivity contribution >= 4 is 34.4 Å². The first-order valence-corrected chi connectivity index (χ1v) is 8.65. The second-order valence-corrected chi connectivity index (χ2v) is 6.32. The average molecular weight is 379 g/mol. The van der Waals surface area contributed by atoms with Gasteiger partial charge in [0.2, 0.25) is 5.91 Å². The molecule has 0 aliphatic rings. The van der Waals surface area contributed by atoms with Crippen molar-refractivity contribution in [3.05, 3.63) is 71.9 Å². The third kappa shape index (κ3) is 3.35. The number of aromatic hydroxyl groups is 1. The number of rotatable bonds is 4. The summed E-state index contributed by atoms with van der Waals surface area (Å²) in [6.45, 7) is -0.00289. The molecule has 4 rings (SSSR count). The smallest absolute Gasteiger partial charge is 0.245 e. The molecule has 2 aromatic carbocycles. The van der Waals surface area contributed by atoms with Crippen LogP contribution in [0.5, 0.6) is 5.75 Å². The molecule has 1 amide bonds. The number of anilines is 1. The van der Waals surface area contributed by atoms with Crippen molar-refractivity contribution in [1.82, 2.24) is 14.5 Å². The van der Waals surface area contributed by atoms with Crippen LogP contribution in [0.15, 0.2) is 66.9 Å². The van der Waals surface area contributed by atoms with Gasteiger partial charge < -0.3 is 15.0 Å². The van der Waals surface area contributed by atoms with Gasteiger partial charge in [0.15, 0.2) is 11.6 Å². The number of carbonyl (C=O) groups excluding carboxylic acids is 1. The normalized spacial score (nSPS) is 10.9. The molecule has 0 saturated heterocycles. The summed E-state index contributed by atoms with van der Waals surface area (Å²) >= 11 is 6.35. The molecule has 0 atom stereocenters. The summed E-state index contributed by atoms with van der Waals surface area (Å²) in [4.78, 5) is 21.2. The Morgan fingerprint density at radius 1 is 1.07 bits per heavy atom. The first-order chi connectivity index (χ1) is 13.1. The Labute approximate surface area is 160 Å². The first kappa shape index (κ1) is 17.1. The van der Waals surface area contributed by atoms with E-state index in [1.54, 1.807) is 16.7 Å². The standard InChI is InChI=1S/C20H15ClN4O2/c21-14-7-2-1-6-13(14)20-23-15-8-3-4-9-16(15)25(20)12-18(27)24-19-17(26)10-5-11-22-19/h1-11,26H,12H2,(H,22,24,27). The molecule has 0 radical (unpaired) electrons. The maximum absolute atomic E-state index is 12.6. The zero-order valence-corrected chi connectivity index (χ0v) is 14.9. The second kappa shape index (κ2) is 7.09. The van der Waals surface area contributed by atoms with Crippen LogP contribution in [-0.4, -0.2) is 25.5 Å². The van der Waals surface area contributed by atoms with Crippen LogP contribution in [0.4, 0.5) is 5.82 Å². The summed E-state index contributed by atoms with van der Waals surface area (Å²) in [5.74, 6) is 0.293. The number of amides is 1. The predicted octanol–water partition coefficient (Wildman–Crippen LogP) is 4.10. The summed E-state index contributed by atoms with van der Waals surface area (Å²) in [6, 6.07) is 18.0. The van der Waals surface area contributed by atoms with E-state index in [1.165, 1.54) is 12.3 Å². The van der Waals surface area contributed by atoms with Crippen LogP contribution < -0.4 is 5.32 Å². The van der Waals surface area contributed by atoms with Gasteiger partial charge in [0.05, 0.1) is 16.1 Å². The molecule has 27 heavy (non-hydrogen) atoms. The SMILES string of the molecule is O=C(Cn1c(-c2ccccc2Cl)nc2ccccc21)Nc1ncccc1O. The molecular weight excluding hydrogens is 364 g/mol. The minimum absolute atomic E-state index is 0.00289. The highest BCUT2D eigenvalue weighted by molar-refractivity contribution is 6.33. The number of fused-ring (bicyclic) bond motifs is 1. The minimum Gasteiger partial charge on any atom is -0.504 e. The van der Waals surface area contributed by atoms with Crippen LogP contribution >= 0.6 is 11.6 Å². The molecule has 4 aromatic rings. The summed E-state index contributed by atoms with van der Waals surface area (Å²) < 4.78 is 1.80. The number of halogens is 1. The van der Waals surface area contributed by atoms with Gasteiger partial charge in [-0.05, 0) is 36.4 Å². The second-order valence-electron chi connectivity index (χ2n) is 5.91. The van der Waals surface area contributed by atoms with E-state index >= 15 is 0 Å². The van der Waals surface area contributed by atoms with Crippen molar-refractivity contribution in [2.45, 2.75) is 6.54 Å². The van der Waals surface area contributed by atoms with Gasteiger partial charge in [-0.1, -0.05) is 35.9 Å². The van der Waals surface area contributed by atoms with E-state index in [2.05, 4.69) is 15.3 Å². The highest BCUT2D eigenvalue weighted by Crippen LogP contribution is 2.30. The lowest BCUT2D eigenvalue weighted by molar-refractivity contribution is -0.116. The van der Waals surface area contributed by atoms with E-state index in [9.17, 15) is 9.90 Å². The molecule has 2 aromatic heterocycles. The van der Waals surface area contributed by atoms with Gasteiger partial charge in [-0.2, -0.15) is 0 Å². The lowest BCUT2D eigenvalue weighted by Gasteiger charge is -2.11. The van der Waals surface area contributed by atoms with Gasteiger partial charge in [-0.15, -0.1) is 0 Å². The third-order valence-corrected chi connectivity index (χ3v) is 4.44. The molecule has 0 unspecified atom stereocenters. The molecule has 0 aliphatic carbocycles. The molecule has 0 fully saturated rings. The number of aromatic nitrogens is 3. The Morgan fingerprint density at radius 2 is 1.85 bits per heavy atom. The number of para-hydroxylation sites is 2. The quantitative estimate of drug-likeness (QED) is 0.560. The first-order valence-electron chi connectivity index (χ1n) is 8.27. The lowest BCUT2D eigenvalue weighted by atomic mass is 10.2. The number of pyridine rings is 1. The van der Waals surface area contributed by atoms with Crippen LogP contribution in [0.2, 0.25) is 5.02 Å². The third-order valence-electron chi connectivity index (χ3n) is 4.12. The van der Waals surface area contributed by atoms with Gasteiger partial charge in [0, 0.05) is 11.8 Å². The van der Waals surface area contributed by atoms with Gasteiger partial charge in [0.25, 0.3) is 0 Å². The van der Waals surface area contributed by atoms with Crippen molar-refractivity contribution in [2.75, 3.05) is 5.32 Å². The van der Waals surface area contributed by atoms with Crippen LogP contribution in [0.25, 0.3) is 22.4 Å². The van der Waals surface area contributed by atoms with Crippen molar-refractivity contribution in [3.63, 3.8) is 0 Å². The summed E-state index contributed by atoms with van der Waals surface area (Å²) in [5, 5.41) is 13.0. The number of carbonyl (C=O) groups is 1. The Bertz CT molecular complexity index is 1140. The fraction of sp³-hybridized carbons (Fsp3) is 0.0500. The lowest BCUT2D eigenvalue weighted by Crippen LogP contribution is -2.20. The molecule has 0 saturated carbocycles. The van der Waals surface area contributed by atoms with Crippen LogP contribution in [0, 0.1) is 0 Å². The molecular formula is C20H15ClN4O2. The zero-order valence-electron chi connectivity index (χ0n) is 14.1. The zero-order chi connectivity index (χ0) is 18.8. The maximum atomic E-state index is 12.6. The molecule has 7 heteroatoms. The van der Waals surface area contributed by atoms with Crippen molar-refractivity contribution in [3.8, 4) is 17.1 Å². The van der Waals surface area contributed by atoms with Crippen molar-refractivity contribution < 1.29 is 9.90 Å². The van der Waals surface area contributed by atoms with Crippen LogP contribution in [-0.2, 0) is 11.3 Å². The van der Waals surface area contributed by atoms with Gasteiger partial charge in [-0.3, -0.25) is 4.79 Å². The van der Waals surface area contributed by atoms with Crippen LogP contribution in [0.1, 0.15) is 0 Å². The molecule has 0 bridgehead atoms. The van der Waals surface area contributed by atoms with Gasteiger partial charge in [0.1, 0.15) is 12.4 Å². The monoisotopic (exact) mass is 378 g/mol. The number of hydrogen-bond donors (Lipinski definition) is 2. The van der Waals surface area contributed by atoms with Crippen LogP contribution in [0.3, 0.4) is 0 Å². The van der Waals surface area contributed by atoms with E-state index in [-0.39, 0.29) is 24.0 Å². The van der Waals surface area contributed by atoms with Crippen molar-refractivity contribution in [1.29, 1.82) is 0 Å². The highest BCUT2D eigenvalue weighted by Gasteiger charge is 2.17. The van der Waals surface area contributed by atoms with Gasteiger partial charge in [-0.25, -0.2) is 9.97 Å². The molecule has 0 aliphatic heterocycles. The Morgan fingerprint density at radius 3 is 2.67 bits per heavy atom. The number of imidazole rings is 1. The van der Waals surface area contributed by atoms with E-state index in [1.807, 2.05) is 42.5 Å². The number of nitrogens with zero attached hydrogens (tertiary/aromatic N) is 3. The summed E-state index contributed by atoms with van der Waals surface area (Å²) in [6.07, 6.45) is 1.50. The number of nitrogens with one attached hydrogen (secondary N) is 1. The number of benzene rings is 2. The molecule has 6 nitrogen and oxygen atoms in total. The number of hydrogen-bond acceptors (Lipinski definition) is 4. The Kier molecular flexibility index (Phi) is 4.48. The molecule has 134 valence electrons. The van der Waals surface area contributed by atoms with E-state index < -0.39 is 0 Å². The average Bonchev–Trinajstić information content (AvgIpc) is 3.02. The Hall–Kier alpha value is -3.38. The minimum atomic E-state index is -0.333.